The van der Waals surface area contributed by atoms with Crippen molar-refractivity contribution < 1.29 is 19.1 Å². The van der Waals surface area contributed by atoms with Crippen molar-refractivity contribution in [3.63, 3.8) is 0 Å². The molecule has 6 nitrogen and oxygen atoms in total. The first-order valence-corrected chi connectivity index (χ1v) is 13.2. The molecule has 0 bridgehead atoms. The summed E-state index contributed by atoms with van der Waals surface area (Å²) in [4.78, 5) is 25.3. The zero-order chi connectivity index (χ0) is 27.5. The minimum atomic E-state index is -0.676. The molecule has 2 aliphatic carbocycles. The van der Waals surface area contributed by atoms with E-state index in [2.05, 4.69) is 0 Å². The lowest BCUT2D eigenvalue weighted by atomic mass is 9.88. The van der Waals surface area contributed by atoms with Crippen LogP contribution in [0.2, 0.25) is 0 Å². The highest BCUT2D eigenvalue weighted by Crippen LogP contribution is 2.32. The number of allylic oxidation sites excluding steroid dienone is 6. The van der Waals surface area contributed by atoms with Gasteiger partial charge in [-0.3, -0.25) is 0 Å². The summed E-state index contributed by atoms with van der Waals surface area (Å²) in [5.74, 6) is -1.35. The van der Waals surface area contributed by atoms with Crippen molar-refractivity contribution >= 4 is 23.1 Å². The van der Waals surface area contributed by atoms with Crippen LogP contribution in [0.15, 0.2) is 95.1 Å². The fourth-order valence-electron chi connectivity index (χ4n) is 4.83. The molecule has 4 rings (SSSR count). The van der Waals surface area contributed by atoms with Crippen LogP contribution in [0.25, 0.3) is 11.1 Å². The zero-order valence-corrected chi connectivity index (χ0v) is 21.8. The third-order valence-electron chi connectivity index (χ3n) is 6.80. The molecule has 0 atom stereocenters. The van der Waals surface area contributed by atoms with Crippen molar-refractivity contribution in [3.05, 3.63) is 106 Å². The Morgan fingerprint density at radius 2 is 1.05 bits per heavy atom. The van der Waals surface area contributed by atoms with Crippen LogP contribution in [-0.2, 0) is 19.1 Å². The van der Waals surface area contributed by atoms with E-state index in [1.54, 1.807) is 0 Å². The van der Waals surface area contributed by atoms with Crippen molar-refractivity contribution in [1.29, 1.82) is 10.5 Å². The molecule has 2 aromatic carbocycles. The molecule has 0 saturated heterocycles. The van der Waals surface area contributed by atoms with Crippen LogP contribution in [0.1, 0.15) is 56.1 Å². The first-order chi connectivity index (χ1) is 19.1. The maximum atomic E-state index is 12.6. The molecule has 2 aliphatic rings. The molecular weight excluding hydrogens is 488 g/mol. The van der Waals surface area contributed by atoms with E-state index >= 15 is 0 Å². The molecule has 0 radical (unpaired) electrons. The normalized spacial score (nSPS) is 17.5. The highest BCUT2D eigenvalue weighted by molar-refractivity contribution is 5.95. The maximum absolute atomic E-state index is 12.6. The molecule has 0 fully saturated rings. The summed E-state index contributed by atoms with van der Waals surface area (Å²) in [5.41, 5.74) is 5.72. The number of nitrogens with zero attached hydrogens (tertiary/aromatic N) is 2. The predicted molar refractivity (Wildman–Crippen MR) is 148 cm³/mol. The van der Waals surface area contributed by atoms with E-state index in [1.807, 2.05) is 85.0 Å². The number of ether oxygens (including phenoxy) is 2. The average molecular weight is 519 g/mol. The molecular formula is C33H30N2O4. The van der Waals surface area contributed by atoms with Crippen LogP contribution in [0.4, 0.5) is 0 Å². The van der Waals surface area contributed by atoms with Crippen LogP contribution < -0.4 is 0 Å². The van der Waals surface area contributed by atoms with Crippen LogP contribution in [-0.4, -0.2) is 25.2 Å². The van der Waals surface area contributed by atoms with Gasteiger partial charge < -0.3 is 9.47 Å². The van der Waals surface area contributed by atoms with Gasteiger partial charge in [-0.2, -0.15) is 10.5 Å². The fraction of sp³-hybridized carbons (Fsp3) is 0.273. The minimum Gasteiger partial charge on any atom is -0.461 e. The van der Waals surface area contributed by atoms with Gasteiger partial charge in [-0.15, -0.1) is 0 Å². The van der Waals surface area contributed by atoms with Crippen LogP contribution in [0.3, 0.4) is 0 Å². The summed E-state index contributed by atoms with van der Waals surface area (Å²) >= 11 is 0. The summed E-state index contributed by atoms with van der Waals surface area (Å²) in [5, 5.41) is 19.3. The van der Waals surface area contributed by atoms with E-state index < -0.39 is 11.9 Å². The second-order valence-corrected chi connectivity index (χ2v) is 9.43. The summed E-state index contributed by atoms with van der Waals surface area (Å²) in [7, 11) is 0. The lowest BCUT2D eigenvalue weighted by molar-refractivity contribution is -0.141. The number of carbonyl (C=O) groups is 2. The van der Waals surface area contributed by atoms with Gasteiger partial charge in [0, 0.05) is 6.42 Å². The number of esters is 2. The average Bonchev–Trinajstić information content (AvgIpc) is 2.99. The van der Waals surface area contributed by atoms with Crippen molar-refractivity contribution in [1.82, 2.24) is 0 Å². The second-order valence-electron chi connectivity index (χ2n) is 9.43. The molecule has 0 saturated carbocycles. The van der Waals surface area contributed by atoms with E-state index in [9.17, 15) is 20.1 Å². The Bertz CT molecular complexity index is 1310. The lowest BCUT2D eigenvalue weighted by Gasteiger charge is -2.17. The molecule has 0 unspecified atom stereocenters. The highest BCUT2D eigenvalue weighted by atomic mass is 16.5. The Hall–Kier alpha value is -4.68. The van der Waals surface area contributed by atoms with E-state index in [4.69, 9.17) is 9.47 Å². The van der Waals surface area contributed by atoms with Gasteiger partial charge >= 0.3 is 11.9 Å². The first-order valence-electron chi connectivity index (χ1n) is 13.2. The van der Waals surface area contributed by atoms with Gasteiger partial charge in [0.1, 0.15) is 23.3 Å². The maximum Gasteiger partial charge on any atom is 0.349 e. The predicted octanol–water partition coefficient (Wildman–Crippen LogP) is 6.64. The molecule has 196 valence electrons. The Morgan fingerprint density at radius 3 is 1.44 bits per heavy atom. The number of rotatable bonds is 8. The van der Waals surface area contributed by atoms with E-state index in [-0.39, 0.29) is 30.8 Å². The molecule has 2 aromatic rings. The Labute approximate surface area is 229 Å². The monoisotopic (exact) mass is 518 g/mol. The summed E-state index contributed by atoms with van der Waals surface area (Å²) in [6.07, 6.45) is 8.84. The Kier molecular flexibility index (Phi) is 9.64. The molecule has 0 N–H and O–H groups in total. The number of benzene rings is 2. The molecule has 0 heterocycles. The van der Waals surface area contributed by atoms with Crippen LogP contribution in [0.5, 0.6) is 0 Å². The first kappa shape index (κ1) is 27.4. The fourth-order valence-corrected chi connectivity index (χ4v) is 4.83. The van der Waals surface area contributed by atoms with Gasteiger partial charge in [0.2, 0.25) is 0 Å². The molecule has 0 aromatic heterocycles. The molecule has 6 heteroatoms. The van der Waals surface area contributed by atoms with Gasteiger partial charge in [-0.1, -0.05) is 72.8 Å². The SMILES string of the molecule is N#C/C(C(=O)OCCCOC(=O)/C(C#N)=C1/C=C(c2ccccc2)CCC1)=C1\C=C(c2ccccc2)CCC1. The van der Waals surface area contributed by atoms with Crippen molar-refractivity contribution in [2.75, 3.05) is 13.2 Å². The van der Waals surface area contributed by atoms with E-state index in [1.165, 1.54) is 0 Å². The van der Waals surface area contributed by atoms with Gasteiger partial charge in [-0.05, 0) is 71.9 Å². The highest BCUT2D eigenvalue weighted by Gasteiger charge is 2.21. The van der Waals surface area contributed by atoms with Crippen molar-refractivity contribution in [2.24, 2.45) is 0 Å². The van der Waals surface area contributed by atoms with Crippen molar-refractivity contribution in [3.8, 4) is 12.1 Å². The van der Waals surface area contributed by atoms with Gasteiger partial charge in [-0.25, -0.2) is 9.59 Å². The number of carbonyl (C=O) groups excluding carboxylic acids is 2. The third kappa shape index (κ3) is 7.21. The standard InChI is InChI=1S/C33H30N2O4/c34-22-30(28-16-7-14-26(20-28)24-10-3-1-4-11-24)32(36)38-18-9-19-39-33(37)31(23-35)29-17-8-15-27(21-29)25-12-5-2-6-13-25/h1-6,10-13,20-21H,7-9,14-19H2/b30-28+,31-29+. The molecule has 0 amide bonds. The Morgan fingerprint density at radius 1 is 0.641 bits per heavy atom. The second kappa shape index (κ2) is 13.7. The van der Waals surface area contributed by atoms with E-state index in [0.717, 1.165) is 48.0 Å². The number of nitriles is 2. The van der Waals surface area contributed by atoms with Crippen LogP contribution in [0, 0.1) is 22.7 Å². The minimum absolute atomic E-state index is 0.00362. The largest absolute Gasteiger partial charge is 0.461 e. The quantitative estimate of drug-likeness (QED) is 0.168. The summed E-state index contributed by atoms with van der Waals surface area (Å²) in [6, 6.07) is 23.8. The number of hydrogen-bond donors (Lipinski definition) is 0. The lowest BCUT2D eigenvalue weighted by Crippen LogP contribution is -2.15. The summed E-state index contributed by atoms with van der Waals surface area (Å²) in [6.45, 7) is -0.00725. The molecule has 0 aliphatic heterocycles. The van der Waals surface area contributed by atoms with Gasteiger partial charge in [0.25, 0.3) is 0 Å². The van der Waals surface area contributed by atoms with Crippen molar-refractivity contribution in [2.45, 2.75) is 44.9 Å². The van der Waals surface area contributed by atoms with Gasteiger partial charge in [0.05, 0.1) is 13.2 Å². The van der Waals surface area contributed by atoms with Gasteiger partial charge in [0.15, 0.2) is 0 Å². The summed E-state index contributed by atoms with van der Waals surface area (Å²) < 4.78 is 10.6. The zero-order valence-electron chi connectivity index (χ0n) is 21.8. The topological polar surface area (TPSA) is 100 Å². The number of hydrogen-bond acceptors (Lipinski definition) is 6. The third-order valence-corrected chi connectivity index (χ3v) is 6.80. The molecule has 0 spiro atoms. The van der Waals surface area contributed by atoms with Crippen LogP contribution >= 0.6 is 0 Å². The smallest absolute Gasteiger partial charge is 0.349 e. The Balaban J connectivity index is 1.32. The van der Waals surface area contributed by atoms with E-state index in [0.29, 0.717) is 24.0 Å². The molecule has 39 heavy (non-hydrogen) atoms.